The van der Waals surface area contributed by atoms with Gasteiger partial charge in [-0.1, -0.05) is 43.7 Å². The molecule has 7 nitrogen and oxygen atoms in total. The monoisotopic (exact) mass is 458 g/mol. The topological polar surface area (TPSA) is 128 Å². The molecule has 0 unspecified atom stereocenters. The first-order valence-electron chi connectivity index (χ1n) is 10.2. The molecule has 0 aliphatic heterocycles. The number of aliphatic hydroxyl groups is 1. The first-order valence-corrected chi connectivity index (χ1v) is 10.2. The van der Waals surface area contributed by atoms with Gasteiger partial charge in [0.1, 0.15) is 23.5 Å². The number of hydrogen-bond donors (Lipinski definition) is 5. The maximum absolute atomic E-state index is 13.6. The number of allylic oxidation sites excluding steroid dienone is 1. The minimum atomic E-state index is -1.45. The Morgan fingerprint density at radius 1 is 1.09 bits per heavy atom. The molecular weight excluding hydrogens is 430 g/mol. The number of benzene rings is 2. The van der Waals surface area contributed by atoms with E-state index < -0.39 is 41.0 Å². The molecule has 0 fully saturated rings. The van der Waals surface area contributed by atoms with Crippen molar-refractivity contribution in [1.82, 2.24) is 10.6 Å². The smallest absolute Gasteiger partial charge is 0.254 e. The molecule has 176 valence electrons. The van der Waals surface area contributed by atoms with Gasteiger partial charge in [0.05, 0.1) is 0 Å². The Morgan fingerprint density at radius 3 is 2.18 bits per heavy atom. The highest BCUT2D eigenvalue weighted by Gasteiger charge is 2.27. The van der Waals surface area contributed by atoms with Crippen LogP contribution in [0.1, 0.15) is 43.6 Å². The quantitative estimate of drug-likeness (QED) is 0.390. The summed E-state index contributed by atoms with van der Waals surface area (Å²) >= 11 is 0. The highest BCUT2D eigenvalue weighted by atomic mass is 19.1. The lowest BCUT2D eigenvalue weighted by Crippen LogP contribution is -2.47. The lowest BCUT2D eigenvalue weighted by Gasteiger charge is -2.25. The van der Waals surface area contributed by atoms with Gasteiger partial charge >= 0.3 is 0 Å². The zero-order valence-corrected chi connectivity index (χ0v) is 18.9. The maximum atomic E-state index is 13.6. The van der Waals surface area contributed by atoms with E-state index in [1.807, 2.05) is 6.92 Å². The second-order valence-corrected chi connectivity index (χ2v) is 8.33. The van der Waals surface area contributed by atoms with E-state index in [1.165, 1.54) is 6.92 Å². The molecule has 9 heteroatoms. The van der Waals surface area contributed by atoms with E-state index in [0.29, 0.717) is 5.56 Å². The third kappa shape index (κ3) is 6.69. The first-order chi connectivity index (χ1) is 15.3. The molecule has 2 amide bonds. The van der Waals surface area contributed by atoms with Gasteiger partial charge in [-0.05, 0) is 43.2 Å². The van der Waals surface area contributed by atoms with Crippen molar-refractivity contribution in [3.05, 3.63) is 82.7 Å². The first kappa shape index (κ1) is 25.7. The van der Waals surface area contributed by atoms with Gasteiger partial charge < -0.3 is 26.9 Å². The Hall–Kier alpha value is -3.59. The van der Waals surface area contributed by atoms with Crippen LogP contribution in [-0.4, -0.2) is 28.7 Å². The van der Waals surface area contributed by atoms with Crippen molar-refractivity contribution in [1.29, 1.82) is 5.41 Å². The SMILES string of the molecule is Cc1ccc([C@H](O)C(=O)N[C@@H](C)C(=O)N/C(N)=C/C(=N)C(C)(C)c2cc(F)cc(F)c2)cc1. The fourth-order valence-corrected chi connectivity index (χ4v) is 2.95. The van der Waals surface area contributed by atoms with E-state index in [9.17, 15) is 23.5 Å². The second kappa shape index (κ2) is 10.4. The van der Waals surface area contributed by atoms with Crippen LogP contribution in [0.15, 0.2) is 54.4 Å². The number of carbonyl (C=O) groups excluding carboxylic acids is 2. The summed E-state index contributed by atoms with van der Waals surface area (Å²) in [6, 6.07) is 8.67. The number of amides is 2. The molecule has 2 atom stereocenters. The maximum Gasteiger partial charge on any atom is 0.254 e. The van der Waals surface area contributed by atoms with Gasteiger partial charge in [-0.2, -0.15) is 0 Å². The molecule has 0 aliphatic carbocycles. The molecule has 0 spiro atoms. The van der Waals surface area contributed by atoms with Crippen LogP contribution in [-0.2, 0) is 15.0 Å². The molecule has 2 aromatic carbocycles. The molecule has 6 N–H and O–H groups in total. The van der Waals surface area contributed by atoms with Crippen molar-refractivity contribution in [2.45, 2.75) is 45.3 Å². The Labute approximate surface area is 191 Å². The Balaban J connectivity index is 2.02. The van der Waals surface area contributed by atoms with Crippen molar-refractivity contribution < 1.29 is 23.5 Å². The molecule has 0 saturated carbocycles. The van der Waals surface area contributed by atoms with Crippen molar-refractivity contribution in [3.63, 3.8) is 0 Å². The summed E-state index contributed by atoms with van der Waals surface area (Å²) in [5.41, 5.74) is 6.20. The average molecular weight is 459 g/mol. The normalized spacial score (nSPS) is 13.7. The van der Waals surface area contributed by atoms with Crippen LogP contribution in [0, 0.1) is 24.0 Å². The number of nitrogens with one attached hydrogen (secondary N) is 3. The van der Waals surface area contributed by atoms with E-state index in [-0.39, 0.29) is 17.1 Å². The summed E-state index contributed by atoms with van der Waals surface area (Å²) < 4.78 is 27.1. The van der Waals surface area contributed by atoms with Crippen LogP contribution in [0.25, 0.3) is 0 Å². The van der Waals surface area contributed by atoms with Gasteiger partial charge in [-0.15, -0.1) is 0 Å². The van der Waals surface area contributed by atoms with Crippen LogP contribution in [0.2, 0.25) is 0 Å². The molecule has 33 heavy (non-hydrogen) atoms. The fraction of sp³-hybridized carbons (Fsp3) is 0.292. The van der Waals surface area contributed by atoms with Gasteiger partial charge in [0.15, 0.2) is 6.10 Å². The number of nitrogens with two attached hydrogens (primary N) is 1. The van der Waals surface area contributed by atoms with Crippen LogP contribution >= 0.6 is 0 Å². The van der Waals surface area contributed by atoms with Gasteiger partial charge in [0, 0.05) is 17.2 Å². The summed E-state index contributed by atoms with van der Waals surface area (Å²) in [5.74, 6) is -3.15. The van der Waals surface area contributed by atoms with Crippen molar-refractivity contribution in [2.75, 3.05) is 0 Å². The minimum absolute atomic E-state index is 0.100. The number of carbonyl (C=O) groups is 2. The second-order valence-electron chi connectivity index (χ2n) is 8.33. The van der Waals surface area contributed by atoms with Gasteiger partial charge in [-0.3, -0.25) is 9.59 Å². The van der Waals surface area contributed by atoms with E-state index in [1.54, 1.807) is 38.1 Å². The zero-order valence-electron chi connectivity index (χ0n) is 18.9. The summed E-state index contributed by atoms with van der Waals surface area (Å²) in [6.45, 7) is 6.46. The van der Waals surface area contributed by atoms with Crippen LogP contribution in [0.5, 0.6) is 0 Å². The predicted molar refractivity (Wildman–Crippen MR) is 121 cm³/mol. The molecule has 0 aromatic heterocycles. The molecule has 0 bridgehead atoms. The van der Waals surface area contributed by atoms with Gasteiger partial charge in [0.2, 0.25) is 5.91 Å². The standard InChI is InChI=1S/C24H28F2N4O3/c1-13-5-7-15(8-6-13)21(31)23(33)29-14(2)22(32)30-20(28)12-19(27)24(3,4)16-9-17(25)11-18(26)10-16/h5-12,14,21,27,31H,28H2,1-4H3,(H,29,33)(H,30,32)/b20-12+,27-19?/t14-,21-/m0/s1. The third-order valence-electron chi connectivity index (χ3n) is 5.22. The molecule has 2 aromatic rings. The summed E-state index contributed by atoms with van der Waals surface area (Å²) in [7, 11) is 0. The third-order valence-corrected chi connectivity index (χ3v) is 5.22. The van der Waals surface area contributed by atoms with Crippen molar-refractivity contribution >= 4 is 17.5 Å². The average Bonchev–Trinajstić information content (AvgIpc) is 2.72. The minimum Gasteiger partial charge on any atom is -0.385 e. The fourth-order valence-electron chi connectivity index (χ4n) is 2.95. The predicted octanol–water partition coefficient (Wildman–Crippen LogP) is 2.73. The Bertz CT molecular complexity index is 1060. The molecule has 0 radical (unpaired) electrons. The van der Waals surface area contributed by atoms with E-state index in [2.05, 4.69) is 10.6 Å². The van der Waals surface area contributed by atoms with E-state index in [4.69, 9.17) is 11.1 Å². The summed E-state index contributed by atoms with van der Waals surface area (Å²) in [6.07, 6.45) is -0.287. The molecule has 0 aliphatic rings. The Morgan fingerprint density at radius 2 is 1.64 bits per heavy atom. The number of rotatable bonds is 8. The number of aliphatic hydroxyl groups excluding tert-OH is 1. The summed E-state index contributed by atoms with van der Waals surface area (Å²) in [5, 5.41) is 23.2. The largest absolute Gasteiger partial charge is 0.385 e. The van der Waals surface area contributed by atoms with Gasteiger partial charge in [0.25, 0.3) is 5.91 Å². The van der Waals surface area contributed by atoms with E-state index in [0.717, 1.165) is 29.8 Å². The number of hydrogen-bond acceptors (Lipinski definition) is 5. The van der Waals surface area contributed by atoms with Crippen LogP contribution in [0.4, 0.5) is 8.78 Å². The number of aryl methyl sites for hydroxylation is 1. The van der Waals surface area contributed by atoms with Gasteiger partial charge in [-0.25, -0.2) is 8.78 Å². The zero-order chi connectivity index (χ0) is 24.9. The lowest BCUT2D eigenvalue weighted by molar-refractivity contribution is -0.133. The molecule has 0 heterocycles. The molecule has 2 rings (SSSR count). The Kier molecular flexibility index (Phi) is 8.05. The van der Waals surface area contributed by atoms with Crippen LogP contribution in [0.3, 0.4) is 0 Å². The number of halogens is 2. The molecule has 0 saturated heterocycles. The van der Waals surface area contributed by atoms with Crippen molar-refractivity contribution in [2.24, 2.45) is 5.73 Å². The molecular formula is C24H28F2N4O3. The van der Waals surface area contributed by atoms with E-state index >= 15 is 0 Å². The lowest BCUT2D eigenvalue weighted by atomic mass is 9.79. The highest BCUT2D eigenvalue weighted by Crippen LogP contribution is 2.26. The van der Waals surface area contributed by atoms with Crippen LogP contribution < -0.4 is 16.4 Å². The summed E-state index contributed by atoms with van der Waals surface area (Å²) in [4.78, 5) is 24.7. The van der Waals surface area contributed by atoms with Crippen molar-refractivity contribution in [3.8, 4) is 0 Å². The highest BCUT2D eigenvalue weighted by molar-refractivity contribution is 6.01.